The second kappa shape index (κ2) is 7.24. The number of nitrogens with zero attached hydrogens (tertiary/aromatic N) is 1. The molecule has 4 nitrogen and oxygen atoms in total. The molecular formula is C14H21BrN2O2. The van der Waals surface area contributed by atoms with Gasteiger partial charge in [0.15, 0.2) is 0 Å². The first-order valence-corrected chi connectivity index (χ1v) is 7.31. The summed E-state index contributed by atoms with van der Waals surface area (Å²) in [5.41, 5.74) is 1.15. The minimum Gasteiger partial charge on any atom is -0.496 e. The topological polar surface area (TPSA) is 33.7 Å². The fourth-order valence-corrected chi connectivity index (χ4v) is 2.65. The molecule has 1 atom stereocenters. The highest BCUT2D eigenvalue weighted by Gasteiger charge is 2.17. The van der Waals surface area contributed by atoms with Gasteiger partial charge >= 0.3 is 0 Å². The number of nitrogens with one attached hydrogen (secondary N) is 1. The van der Waals surface area contributed by atoms with Gasteiger partial charge in [-0.05, 0) is 25.2 Å². The zero-order valence-electron chi connectivity index (χ0n) is 11.5. The molecule has 0 bridgehead atoms. The molecule has 0 radical (unpaired) electrons. The maximum Gasteiger partial charge on any atom is 0.123 e. The zero-order valence-corrected chi connectivity index (χ0v) is 13.1. The molecule has 0 aliphatic carbocycles. The van der Waals surface area contributed by atoms with E-state index >= 15 is 0 Å². The second-order valence-corrected chi connectivity index (χ2v) is 5.76. The number of hydrogen-bond donors (Lipinski definition) is 1. The molecule has 1 aliphatic rings. The van der Waals surface area contributed by atoms with Crippen LogP contribution in [0.15, 0.2) is 22.7 Å². The van der Waals surface area contributed by atoms with Gasteiger partial charge in [-0.15, -0.1) is 0 Å². The van der Waals surface area contributed by atoms with E-state index in [-0.39, 0.29) is 6.10 Å². The third-order valence-electron chi connectivity index (χ3n) is 3.27. The van der Waals surface area contributed by atoms with Crippen LogP contribution in [0.4, 0.5) is 0 Å². The van der Waals surface area contributed by atoms with Crippen molar-refractivity contribution in [3.8, 4) is 5.75 Å². The van der Waals surface area contributed by atoms with Gasteiger partial charge in [0, 0.05) is 36.2 Å². The maximum absolute atomic E-state index is 5.72. The number of likely N-dealkylation sites (N-methyl/N-ethyl adjacent to an activating group) is 1. The van der Waals surface area contributed by atoms with Crippen molar-refractivity contribution in [2.75, 3.05) is 40.4 Å². The number of rotatable bonds is 5. The molecule has 106 valence electrons. The molecular weight excluding hydrogens is 308 g/mol. The summed E-state index contributed by atoms with van der Waals surface area (Å²) in [5.74, 6) is 0.914. The van der Waals surface area contributed by atoms with E-state index in [1.165, 1.54) is 0 Å². The van der Waals surface area contributed by atoms with Crippen LogP contribution in [-0.4, -0.2) is 51.4 Å². The lowest BCUT2D eigenvalue weighted by atomic mass is 10.2. The summed E-state index contributed by atoms with van der Waals surface area (Å²) >= 11 is 3.49. The molecule has 1 fully saturated rings. The summed E-state index contributed by atoms with van der Waals surface area (Å²) in [4.78, 5) is 2.30. The number of halogens is 1. The van der Waals surface area contributed by atoms with E-state index in [2.05, 4.69) is 39.3 Å². The van der Waals surface area contributed by atoms with Crippen molar-refractivity contribution in [2.45, 2.75) is 12.6 Å². The van der Waals surface area contributed by atoms with Gasteiger partial charge in [-0.25, -0.2) is 0 Å². The normalized spacial score (nSPS) is 20.5. The Bertz CT molecular complexity index is 414. The maximum atomic E-state index is 5.72. The van der Waals surface area contributed by atoms with E-state index in [0.29, 0.717) is 0 Å². The summed E-state index contributed by atoms with van der Waals surface area (Å²) < 4.78 is 12.1. The van der Waals surface area contributed by atoms with Gasteiger partial charge in [-0.2, -0.15) is 0 Å². The van der Waals surface area contributed by atoms with Crippen molar-refractivity contribution in [2.24, 2.45) is 0 Å². The van der Waals surface area contributed by atoms with Gasteiger partial charge in [-0.3, -0.25) is 0 Å². The number of morpholine rings is 1. The van der Waals surface area contributed by atoms with Gasteiger partial charge in [0.1, 0.15) is 5.75 Å². The van der Waals surface area contributed by atoms with Crippen LogP contribution >= 0.6 is 15.9 Å². The van der Waals surface area contributed by atoms with Gasteiger partial charge in [0.2, 0.25) is 0 Å². The quantitative estimate of drug-likeness (QED) is 0.894. The first-order valence-electron chi connectivity index (χ1n) is 6.52. The van der Waals surface area contributed by atoms with E-state index in [4.69, 9.17) is 9.47 Å². The minimum absolute atomic E-state index is 0.275. The highest BCUT2D eigenvalue weighted by molar-refractivity contribution is 9.10. The highest BCUT2D eigenvalue weighted by Crippen LogP contribution is 2.22. The highest BCUT2D eigenvalue weighted by atomic mass is 79.9. The van der Waals surface area contributed by atoms with Crippen LogP contribution < -0.4 is 10.1 Å². The fraction of sp³-hybridized carbons (Fsp3) is 0.571. The van der Waals surface area contributed by atoms with Gasteiger partial charge in [0.25, 0.3) is 0 Å². The summed E-state index contributed by atoms with van der Waals surface area (Å²) in [6.45, 7) is 4.48. The Kier molecular flexibility index (Phi) is 5.63. The molecule has 2 rings (SSSR count). The molecule has 19 heavy (non-hydrogen) atoms. The van der Waals surface area contributed by atoms with Crippen molar-refractivity contribution in [3.63, 3.8) is 0 Å². The van der Waals surface area contributed by atoms with E-state index < -0.39 is 0 Å². The van der Waals surface area contributed by atoms with Crippen LogP contribution in [0.2, 0.25) is 0 Å². The predicted octanol–water partition coefficient (Wildman–Crippen LogP) is 1.88. The number of hydrogen-bond acceptors (Lipinski definition) is 4. The summed E-state index contributed by atoms with van der Waals surface area (Å²) in [6, 6.07) is 6.05. The molecule has 1 aromatic rings. The fourth-order valence-electron chi connectivity index (χ4n) is 2.24. The molecule has 1 aromatic carbocycles. The predicted molar refractivity (Wildman–Crippen MR) is 79.6 cm³/mol. The lowest BCUT2D eigenvalue weighted by molar-refractivity contribution is -0.0182. The number of benzene rings is 1. The van der Waals surface area contributed by atoms with Crippen molar-refractivity contribution in [1.82, 2.24) is 10.2 Å². The molecule has 0 amide bonds. The van der Waals surface area contributed by atoms with Crippen molar-refractivity contribution >= 4 is 15.9 Å². The van der Waals surface area contributed by atoms with Crippen molar-refractivity contribution in [1.29, 1.82) is 0 Å². The van der Waals surface area contributed by atoms with E-state index in [0.717, 1.165) is 48.6 Å². The van der Waals surface area contributed by atoms with Crippen LogP contribution in [-0.2, 0) is 11.3 Å². The summed E-state index contributed by atoms with van der Waals surface area (Å²) in [5, 5.41) is 3.44. The SMILES string of the molecule is COc1ccc(Br)cc1CNCC1CN(C)CCO1. The zero-order chi connectivity index (χ0) is 13.7. The van der Waals surface area contributed by atoms with Gasteiger partial charge in [0.05, 0.1) is 19.8 Å². The van der Waals surface area contributed by atoms with Crippen LogP contribution in [0.3, 0.4) is 0 Å². The van der Waals surface area contributed by atoms with Crippen LogP contribution in [0, 0.1) is 0 Å². The third-order valence-corrected chi connectivity index (χ3v) is 3.77. The van der Waals surface area contributed by atoms with Gasteiger partial charge < -0.3 is 19.7 Å². The lowest BCUT2D eigenvalue weighted by Gasteiger charge is -2.30. The average Bonchev–Trinajstić information content (AvgIpc) is 2.39. The Morgan fingerprint density at radius 3 is 3.11 bits per heavy atom. The molecule has 1 N–H and O–H groups in total. The van der Waals surface area contributed by atoms with Crippen LogP contribution in [0.5, 0.6) is 5.75 Å². The van der Waals surface area contributed by atoms with E-state index in [1.807, 2.05) is 12.1 Å². The molecule has 0 saturated carbocycles. The third kappa shape index (κ3) is 4.45. The number of ether oxygens (including phenoxy) is 2. The Balaban J connectivity index is 1.83. The minimum atomic E-state index is 0.275. The van der Waals surface area contributed by atoms with Crippen LogP contribution in [0.1, 0.15) is 5.56 Å². The number of methoxy groups -OCH3 is 1. The summed E-state index contributed by atoms with van der Waals surface area (Å²) in [7, 11) is 3.83. The van der Waals surface area contributed by atoms with E-state index in [1.54, 1.807) is 7.11 Å². The smallest absolute Gasteiger partial charge is 0.123 e. The van der Waals surface area contributed by atoms with Crippen LogP contribution in [0.25, 0.3) is 0 Å². The van der Waals surface area contributed by atoms with E-state index in [9.17, 15) is 0 Å². The molecule has 1 saturated heterocycles. The van der Waals surface area contributed by atoms with Crippen molar-refractivity contribution in [3.05, 3.63) is 28.2 Å². The largest absolute Gasteiger partial charge is 0.496 e. The molecule has 0 aromatic heterocycles. The Hall–Kier alpha value is -0.620. The molecule has 1 aliphatic heterocycles. The monoisotopic (exact) mass is 328 g/mol. The molecule has 0 spiro atoms. The van der Waals surface area contributed by atoms with Crippen molar-refractivity contribution < 1.29 is 9.47 Å². The Morgan fingerprint density at radius 2 is 2.37 bits per heavy atom. The molecule has 1 unspecified atom stereocenters. The summed E-state index contributed by atoms with van der Waals surface area (Å²) in [6.07, 6.45) is 0.275. The average molecular weight is 329 g/mol. The first-order chi connectivity index (χ1) is 9.19. The standard InChI is InChI=1S/C14H21BrN2O2/c1-17-5-6-19-13(10-17)9-16-8-11-7-12(15)3-4-14(11)18-2/h3-4,7,13,16H,5-6,8-10H2,1-2H3. The Morgan fingerprint density at radius 1 is 1.53 bits per heavy atom. The van der Waals surface area contributed by atoms with Gasteiger partial charge in [-0.1, -0.05) is 15.9 Å². The molecule has 5 heteroatoms. The second-order valence-electron chi connectivity index (χ2n) is 4.84. The molecule has 1 heterocycles. The Labute approximate surface area is 123 Å². The first kappa shape index (κ1) is 14.8. The lowest BCUT2D eigenvalue weighted by Crippen LogP contribution is -2.44.